The number of carbonyl (C=O) groups excluding carboxylic acids is 4. The molecule has 2 bridgehead atoms. The minimum Gasteiger partial charge on any atom is -0.505 e. The van der Waals surface area contributed by atoms with Gasteiger partial charge in [-0.05, 0) is 75.5 Å². The fourth-order valence-corrected chi connectivity index (χ4v) is 7.36. The van der Waals surface area contributed by atoms with Gasteiger partial charge in [0.15, 0.2) is 0 Å². The number of allylic oxidation sites excluding steroid dienone is 6. The Morgan fingerprint density at radius 1 is 1.02 bits per heavy atom. The lowest BCUT2D eigenvalue weighted by atomic mass is 9.90. The van der Waals surface area contributed by atoms with Crippen LogP contribution in [0, 0.1) is 5.92 Å². The molecule has 2 aliphatic carbocycles. The molecule has 4 aliphatic rings. The summed E-state index contributed by atoms with van der Waals surface area (Å²) < 4.78 is 11.6. The monoisotopic (exact) mass is 719 g/mol. The van der Waals surface area contributed by atoms with E-state index in [0.717, 1.165) is 24.8 Å². The molecule has 0 saturated heterocycles. The quantitative estimate of drug-likeness (QED) is 0.110. The largest absolute Gasteiger partial charge is 0.505 e. The number of ether oxygens (including phenoxy) is 2. The van der Waals surface area contributed by atoms with Crippen LogP contribution >= 0.6 is 11.8 Å². The maximum absolute atomic E-state index is 13.6. The molecule has 1 fully saturated rings. The highest BCUT2D eigenvalue weighted by atomic mass is 32.2. The summed E-state index contributed by atoms with van der Waals surface area (Å²) in [6.45, 7) is 3.64. The molecule has 3 amide bonds. The average molecular weight is 720 g/mol. The van der Waals surface area contributed by atoms with E-state index in [1.165, 1.54) is 18.9 Å². The van der Waals surface area contributed by atoms with Crippen LogP contribution in [0.25, 0.3) is 0 Å². The first kappa shape index (κ1) is 38.1. The zero-order chi connectivity index (χ0) is 36.5. The molecular weight excluding hydrogens is 671 g/mol. The van der Waals surface area contributed by atoms with Crippen molar-refractivity contribution in [2.45, 2.75) is 107 Å². The van der Waals surface area contributed by atoms with E-state index in [2.05, 4.69) is 16.0 Å². The number of methoxy groups -OCH3 is 1. The summed E-state index contributed by atoms with van der Waals surface area (Å²) in [6.07, 6.45) is 18.1. The van der Waals surface area contributed by atoms with E-state index < -0.39 is 35.7 Å². The van der Waals surface area contributed by atoms with Crippen LogP contribution in [-0.2, 0) is 35.1 Å². The minimum atomic E-state index is -1.05. The zero-order valence-corrected chi connectivity index (χ0v) is 30.4. The number of esters is 1. The Bertz CT molecular complexity index is 1660. The molecule has 2 heterocycles. The first-order valence-electron chi connectivity index (χ1n) is 17.7. The third kappa shape index (κ3) is 9.81. The maximum Gasteiger partial charge on any atom is 0.332 e. The smallest absolute Gasteiger partial charge is 0.332 e. The van der Waals surface area contributed by atoms with Crippen LogP contribution in [0.3, 0.4) is 0 Å². The van der Waals surface area contributed by atoms with Gasteiger partial charge in [0.2, 0.25) is 17.7 Å². The van der Waals surface area contributed by atoms with Gasteiger partial charge in [0.25, 0.3) is 0 Å². The number of phenols is 1. The van der Waals surface area contributed by atoms with Crippen LogP contribution in [0.1, 0.15) is 77.2 Å². The predicted molar refractivity (Wildman–Crippen MR) is 197 cm³/mol. The average Bonchev–Trinajstić information content (AvgIpc) is 3.91. The molecule has 1 aromatic rings. The molecule has 4 unspecified atom stereocenters. The zero-order valence-electron chi connectivity index (χ0n) is 29.5. The Balaban J connectivity index is 1.38. The number of fused-ring (bicyclic) bond motifs is 4. The van der Waals surface area contributed by atoms with Gasteiger partial charge in [-0.1, -0.05) is 55.5 Å². The predicted octanol–water partition coefficient (Wildman–Crippen LogP) is 5.79. The number of amides is 3. The second-order valence-corrected chi connectivity index (χ2v) is 14.7. The number of anilines is 2. The minimum absolute atomic E-state index is 0.00352. The number of aromatic hydroxyl groups is 1. The number of rotatable bonds is 5. The van der Waals surface area contributed by atoms with Crippen molar-refractivity contribution in [3.8, 4) is 5.75 Å². The van der Waals surface area contributed by atoms with Crippen molar-refractivity contribution in [1.29, 1.82) is 0 Å². The van der Waals surface area contributed by atoms with E-state index in [-0.39, 0.29) is 41.3 Å². The van der Waals surface area contributed by atoms with Crippen LogP contribution < -0.4 is 16.0 Å². The molecule has 4 atom stereocenters. The van der Waals surface area contributed by atoms with Gasteiger partial charge in [0.1, 0.15) is 17.4 Å². The molecule has 0 spiro atoms. The van der Waals surface area contributed by atoms with Gasteiger partial charge < -0.3 is 35.6 Å². The second kappa shape index (κ2) is 17.4. The summed E-state index contributed by atoms with van der Waals surface area (Å²) in [5, 5.41) is 31.4. The first-order chi connectivity index (χ1) is 24.5. The van der Waals surface area contributed by atoms with Gasteiger partial charge in [-0.25, -0.2) is 4.79 Å². The molecule has 12 heteroatoms. The third-order valence-corrected chi connectivity index (χ3v) is 11.0. The lowest BCUT2D eigenvalue weighted by molar-refractivity contribution is -0.158. The summed E-state index contributed by atoms with van der Waals surface area (Å²) in [5.74, 6) is -1.66. The summed E-state index contributed by atoms with van der Waals surface area (Å²) in [5.41, 5.74) is 1.61. The molecule has 0 aromatic heterocycles. The maximum atomic E-state index is 13.6. The van der Waals surface area contributed by atoms with Crippen LogP contribution in [0.5, 0.6) is 5.75 Å². The van der Waals surface area contributed by atoms with Gasteiger partial charge in [-0.2, -0.15) is 0 Å². The number of benzene rings is 1. The standard InChI is InChI=1S/C39H49N3O8S/c1-24-13-12-16-27-21-29-36(51-23-32(44)40-29)33(35(27)46)41-31(43)22-28(49-3)17-10-5-4-6-11-18-30(25(2)34(24)45)50-38(48)39(19-20-39)42-37(47)26-14-8-7-9-15-26/h4-6,10-11,13-14,17,21,25,28,30,34,45-46H,7-9,12,15-16,18-20,22-23H2,1-3H3,(H,40,44)(H,41,43)(H,42,47)/b5-4+,11-6+,17-10+,24-13+. The molecule has 11 nitrogen and oxygen atoms in total. The molecule has 2 aliphatic heterocycles. The van der Waals surface area contributed by atoms with Gasteiger partial charge >= 0.3 is 5.97 Å². The summed E-state index contributed by atoms with van der Waals surface area (Å²) in [7, 11) is 1.51. The molecule has 1 aromatic carbocycles. The highest BCUT2D eigenvalue weighted by molar-refractivity contribution is 8.00. The van der Waals surface area contributed by atoms with Crippen molar-refractivity contribution in [2.75, 3.05) is 23.5 Å². The summed E-state index contributed by atoms with van der Waals surface area (Å²) in [6, 6.07) is 1.72. The van der Waals surface area contributed by atoms with Crippen molar-refractivity contribution >= 4 is 46.8 Å². The summed E-state index contributed by atoms with van der Waals surface area (Å²) >= 11 is 1.24. The number of nitrogens with one attached hydrogen (secondary N) is 3. The highest BCUT2D eigenvalue weighted by Gasteiger charge is 2.54. The van der Waals surface area contributed by atoms with E-state index in [9.17, 15) is 29.4 Å². The van der Waals surface area contributed by atoms with Gasteiger partial charge in [0, 0.05) is 25.0 Å². The fourth-order valence-electron chi connectivity index (χ4n) is 6.46. The van der Waals surface area contributed by atoms with Crippen LogP contribution in [0.2, 0.25) is 0 Å². The van der Waals surface area contributed by atoms with Crippen molar-refractivity contribution in [2.24, 2.45) is 5.92 Å². The number of aliphatic hydroxyl groups is 1. The number of aliphatic hydroxyl groups excluding tert-OH is 1. The molecule has 5 N–H and O–H groups in total. The molecule has 274 valence electrons. The number of hydrogen-bond donors (Lipinski definition) is 5. The number of aryl methyl sites for hydroxylation is 1. The number of carbonyl (C=O) groups is 4. The van der Waals surface area contributed by atoms with Crippen molar-refractivity contribution in [3.63, 3.8) is 0 Å². The summed E-state index contributed by atoms with van der Waals surface area (Å²) in [4.78, 5) is 52.5. The highest BCUT2D eigenvalue weighted by Crippen LogP contribution is 2.45. The van der Waals surface area contributed by atoms with Crippen LogP contribution in [-0.4, -0.2) is 70.6 Å². The lowest BCUT2D eigenvalue weighted by Crippen LogP contribution is -2.47. The first-order valence-corrected chi connectivity index (χ1v) is 18.7. The van der Waals surface area contributed by atoms with Crippen LogP contribution in [0.4, 0.5) is 11.4 Å². The van der Waals surface area contributed by atoms with Gasteiger partial charge in [-0.15, -0.1) is 11.8 Å². The van der Waals surface area contributed by atoms with Gasteiger partial charge in [0.05, 0.1) is 40.7 Å². The SMILES string of the molecule is COC1/C=C/C=C/C=C/CC(OC(=O)C2(NC(=O)C3=CCCCC3)CC2)C(C)C(O)/C(C)=C/CCc2cc3c(c(c2O)NC(=O)C1)SCC(=O)N3. The number of hydrogen-bond acceptors (Lipinski definition) is 9. The van der Waals surface area contributed by atoms with E-state index >= 15 is 0 Å². The Labute approximate surface area is 303 Å². The topological polar surface area (TPSA) is 163 Å². The van der Waals surface area contributed by atoms with E-state index in [4.69, 9.17) is 9.47 Å². The normalized spacial score (nSPS) is 28.5. The van der Waals surface area contributed by atoms with Crippen molar-refractivity contribution in [1.82, 2.24) is 5.32 Å². The fraction of sp³-hybridized carbons (Fsp3) is 0.487. The Morgan fingerprint density at radius 2 is 1.80 bits per heavy atom. The third-order valence-electron chi connectivity index (χ3n) is 9.84. The van der Waals surface area contributed by atoms with Crippen LogP contribution in [0.15, 0.2) is 70.7 Å². The lowest BCUT2D eigenvalue weighted by Gasteiger charge is -2.30. The van der Waals surface area contributed by atoms with E-state index in [1.54, 1.807) is 30.4 Å². The van der Waals surface area contributed by atoms with Gasteiger partial charge in [-0.3, -0.25) is 14.4 Å². The van der Waals surface area contributed by atoms with Crippen molar-refractivity contribution in [3.05, 3.63) is 71.4 Å². The van der Waals surface area contributed by atoms with E-state index in [0.29, 0.717) is 60.2 Å². The number of thioether (sulfide) groups is 1. The molecule has 0 radical (unpaired) electrons. The van der Waals surface area contributed by atoms with Crippen molar-refractivity contribution < 1.29 is 38.9 Å². The molecular formula is C39H49N3O8S. The Morgan fingerprint density at radius 3 is 2.53 bits per heavy atom. The van der Waals surface area contributed by atoms with E-state index in [1.807, 2.05) is 38.2 Å². The Hall–Kier alpha value is -4.13. The molecule has 1 saturated carbocycles. The molecule has 5 rings (SSSR count). The molecule has 51 heavy (non-hydrogen) atoms. The second-order valence-electron chi connectivity index (χ2n) is 13.7. The Kier molecular flexibility index (Phi) is 13.0. The number of phenolic OH excluding ortho intramolecular Hbond substituents is 1.